The van der Waals surface area contributed by atoms with E-state index in [2.05, 4.69) is 30.8 Å². The Morgan fingerprint density at radius 2 is 1.12 bits per heavy atom. The van der Waals surface area contributed by atoms with Crippen LogP contribution >= 0.6 is 0 Å². The molecule has 2 atom stereocenters. The zero-order valence-corrected chi connectivity index (χ0v) is 36.9. The van der Waals surface area contributed by atoms with Crippen molar-refractivity contribution in [2.45, 2.75) is 39.8 Å². The van der Waals surface area contributed by atoms with Crippen molar-refractivity contribution in [1.29, 1.82) is 10.5 Å². The third-order valence-corrected chi connectivity index (χ3v) is 10.5. The van der Waals surface area contributed by atoms with E-state index in [1.807, 2.05) is 53.6 Å². The highest BCUT2D eigenvalue weighted by Crippen LogP contribution is 2.30. The van der Waals surface area contributed by atoms with E-state index < -0.39 is 40.7 Å². The minimum atomic E-state index is -0.886. The molecule has 8 rings (SSSR count). The molecule has 0 spiro atoms. The lowest BCUT2D eigenvalue weighted by Gasteiger charge is -2.17. The molecule has 338 valence electrons. The largest absolute Gasteiger partial charge is 0.494 e. The molecule has 0 saturated carbocycles. The Balaban J connectivity index is 0.000000199. The van der Waals surface area contributed by atoms with E-state index in [4.69, 9.17) is 9.47 Å². The molecule has 2 N–H and O–H groups in total. The van der Waals surface area contributed by atoms with Crippen LogP contribution in [0.2, 0.25) is 0 Å². The van der Waals surface area contributed by atoms with Crippen LogP contribution in [0.5, 0.6) is 11.5 Å². The number of rotatable bonds is 12. The number of hydrogen-bond donors (Lipinski definition) is 2. The maximum Gasteiger partial charge on any atom is 0.291 e. The first-order valence-corrected chi connectivity index (χ1v) is 20.4. The number of nitrogens with one attached hydrogen (secondary N) is 2. The molecule has 8 aromatic rings. The summed E-state index contributed by atoms with van der Waals surface area (Å²) in [6.45, 7) is 7.03. The van der Waals surface area contributed by atoms with Gasteiger partial charge in [-0.3, -0.25) is 9.59 Å². The van der Waals surface area contributed by atoms with Crippen LogP contribution in [-0.2, 0) is 0 Å². The highest BCUT2D eigenvalue weighted by Gasteiger charge is 2.21. The lowest BCUT2D eigenvalue weighted by atomic mass is 10.1. The van der Waals surface area contributed by atoms with Crippen LogP contribution in [0.25, 0.3) is 11.4 Å². The zero-order chi connectivity index (χ0) is 47.9. The SMILES string of the molecule is COc1cc(Nc2cc(C#N)nn([C@@H](C)c3ccc(F)cc3F)c2=O)ccc1-n1cnc(C)c1.COc1cc(Nc2cc(C#N)nn([C@@H](C)c3cccc(F)c3)c2=O)ccc1-n1cnc(C)c1. The highest BCUT2D eigenvalue weighted by molar-refractivity contribution is 5.66. The van der Waals surface area contributed by atoms with Gasteiger partial charge in [0.05, 0.1) is 61.7 Å². The van der Waals surface area contributed by atoms with Crippen LogP contribution in [-0.4, -0.2) is 52.9 Å². The number of anilines is 4. The Bertz CT molecular complexity index is 3330. The summed E-state index contributed by atoms with van der Waals surface area (Å²) in [5.41, 5.74) is 4.20. The summed E-state index contributed by atoms with van der Waals surface area (Å²) in [4.78, 5) is 34.8. The smallest absolute Gasteiger partial charge is 0.291 e. The Labute approximate surface area is 381 Å². The van der Waals surface area contributed by atoms with E-state index in [9.17, 15) is 33.3 Å². The molecular formula is C48H41F3N12O4. The molecule has 0 radical (unpaired) electrons. The van der Waals surface area contributed by atoms with Gasteiger partial charge in [-0.2, -0.15) is 20.7 Å². The topological polar surface area (TPSA) is 196 Å². The molecule has 0 aliphatic rings. The van der Waals surface area contributed by atoms with Gasteiger partial charge in [-0.15, -0.1) is 0 Å². The standard InChI is InChI=1S/C24H20F2N6O2.C24H21FN6O2/c1-14-12-31(13-28-14)22-7-5-17(10-23(22)34-3)29-21-9-18(11-27)30-32(24(21)33)15(2)19-6-4-16(25)8-20(19)26;1-15-13-30(14-27-15)22-8-7-19(11-23(22)33-3)28-21-10-20(12-26)29-31(24(21)32)16(2)17-5-4-6-18(25)9-17/h4-10,12-13,15,29H,1-3H3;4-11,13-14,16,28H,1-3H3/t15-;16-/m00/s1. The lowest BCUT2D eigenvalue weighted by molar-refractivity contribution is 0.413. The zero-order valence-electron chi connectivity index (χ0n) is 36.9. The molecule has 0 aliphatic heterocycles. The molecule has 0 unspecified atom stereocenters. The molecule has 4 heterocycles. The fourth-order valence-corrected chi connectivity index (χ4v) is 7.07. The second-order valence-electron chi connectivity index (χ2n) is 15.1. The molecule has 0 amide bonds. The molecule has 19 heteroatoms. The van der Waals surface area contributed by atoms with Gasteiger partial charge in [0.15, 0.2) is 11.4 Å². The molecule has 0 bridgehead atoms. The molecule has 67 heavy (non-hydrogen) atoms. The minimum Gasteiger partial charge on any atom is -0.494 e. The summed E-state index contributed by atoms with van der Waals surface area (Å²) in [5.74, 6) is -0.861. The molecule has 4 aromatic heterocycles. The number of halogens is 3. The Hall–Kier alpha value is -8.97. The summed E-state index contributed by atoms with van der Waals surface area (Å²) in [6, 6.07) is 24.7. The highest BCUT2D eigenvalue weighted by atomic mass is 19.1. The number of aromatic nitrogens is 8. The van der Waals surface area contributed by atoms with E-state index in [0.29, 0.717) is 28.4 Å². The van der Waals surface area contributed by atoms with Gasteiger partial charge in [-0.1, -0.05) is 18.2 Å². The van der Waals surface area contributed by atoms with E-state index >= 15 is 0 Å². The summed E-state index contributed by atoms with van der Waals surface area (Å²) < 4.78 is 58.2. The van der Waals surface area contributed by atoms with Crippen LogP contribution in [0.4, 0.5) is 35.9 Å². The maximum absolute atomic E-state index is 14.3. The first kappa shape index (κ1) is 46.0. The van der Waals surface area contributed by atoms with Gasteiger partial charge in [0.25, 0.3) is 11.1 Å². The summed E-state index contributed by atoms with van der Waals surface area (Å²) in [7, 11) is 3.08. The van der Waals surface area contributed by atoms with Gasteiger partial charge in [-0.25, -0.2) is 32.5 Å². The first-order chi connectivity index (χ1) is 32.2. The van der Waals surface area contributed by atoms with Crippen molar-refractivity contribution in [2.75, 3.05) is 24.9 Å². The third-order valence-electron chi connectivity index (χ3n) is 10.5. The van der Waals surface area contributed by atoms with Crippen molar-refractivity contribution in [3.63, 3.8) is 0 Å². The van der Waals surface area contributed by atoms with Gasteiger partial charge in [0.1, 0.15) is 52.5 Å². The quantitative estimate of drug-likeness (QED) is 0.119. The number of nitrogens with zero attached hydrogens (tertiary/aromatic N) is 10. The predicted octanol–water partition coefficient (Wildman–Crippen LogP) is 8.36. The van der Waals surface area contributed by atoms with Crippen LogP contribution in [0.3, 0.4) is 0 Å². The second-order valence-corrected chi connectivity index (χ2v) is 15.1. The average Bonchev–Trinajstić information content (AvgIpc) is 3.97. The van der Waals surface area contributed by atoms with Gasteiger partial charge in [0, 0.05) is 59.7 Å². The normalized spacial score (nSPS) is 11.6. The molecule has 16 nitrogen and oxygen atoms in total. The van der Waals surface area contributed by atoms with E-state index in [-0.39, 0.29) is 28.3 Å². The number of benzene rings is 4. The van der Waals surface area contributed by atoms with Gasteiger partial charge in [-0.05, 0) is 75.7 Å². The first-order valence-electron chi connectivity index (χ1n) is 20.4. The molecule has 0 aliphatic carbocycles. The van der Waals surface area contributed by atoms with Crippen LogP contribution in [0.15, 0.2) is 126 Å². The van der Waals surface area contributed by atoms with Crippen LogP contribution in [0.1, 0.15) is 59.8 Å². The van der Waals surface area contributed by atoms with E-state index in [0.717, 1.165) is 39.6 Å². The fourth-order valence-electron chi connectivity index (χ4n) is 7.07. The summed E-state index contributed by atoms with van der Waals surface area (Å²) in [5, 5.41) is 33.1. The molecule has 0 fully saturated rings. The van der Waals surface area contributed by atoms with Crippen molar-refractivity contribution in [2.24, 2.45) is 0 Å². The number of ether oxygens (including phenoxy) is 2. The molecule has 4 aromatic carbocycles. The van der Waals surface area contributed by atoms with Crippen molar-refractivity contribution in [3.05, 3.63) is 188 Å². The van der Waals surface area contributed by atoms with Crippen molar-refractivity contribution >= 4 is 22.7 Å². The average molecular weight is 907 g/mol. The number of hydrogen-bond acceptors (Lipinski definition) is 12. The van der Waals surface area contributed by atoms with Crippen molar-refractivity contribution in [3.8, 4) is 35.0 Å². The van der Waals surface area contributed by atoms with Crippen molar-refractivity contribution in [1.82, 2.24) is 38.7 Å². The van der Waals surface area contributed by atoms with E-state index in [1.165, 1.54) is 42.1 Å². The lowest BCUT2D eigenvalue weighted by Crippen LogP contribution is -2.29. The van der Waals surface area contributed by atoms with Gasteiger partial charge >= 0.3 is 0 Å². The van der Waals surface area contributed by atoms with Crippen molar-refractivity contribution < 1.29 is 22.6 Å². The van der Waals surface area contributed by atoms with Crippen LogP contribution in [0, 0.1) is 54.0 Å². The van der Waals surface area contributed by atoms with E-state index in [1.54, 1.807) is 76.1 Å². The number of methoxy groups -OCH3 is 2. The molecular weight excluding hydrogens is 866 g/mol. The minimum absolute atomic E-state index is 0.0473. The monoisotopic (exact) mass is 906 g/mol. The summed E-state index contributed by atoms with van der Waals surface area (Å²) >= 11 is 0. The number of aryl methyl sites for hydroxylation is 2. The fraction of sp³-hybridized carbons (Fsp3) is 0.167. The van der Waals surface area contributed by atoms with Gasteiger partial charge < -0.3 is 29.2 Å². The van der Waals surface area contributed by atoms with Crippen LogP contribution < -0.4 is 31.2 Å². The number of imidazole rings is 2. The maximum atomic E-state index is 14.3. The third kappa shape index (κ3) is 10.2. The van der Waals surface area contributed by atoms with Gasteiger partial charge in [0.2, 0.25) is 0 Å². The Kier molecular flexibility index (Phi) is 13.6. The Morgan fingerprint density at radius 3 is 1.55 bits per heavy atom. The number of nitriles is 2. The Morgan fingerprint density at radius 1 is 0.627 bits per heavy atom. The molecule has 0 saturated heterocycles. The summed E-state index contributed by atoms with van der Waals surface area (Å²) in [6.07, 6.45) is 7.08. The predicted molar refractivity (Wildman–Crippen MR) is 243 cm³/mol. The second kappa shape index (κ2) is 19.8.